The summed E-state index contributed by atoms with van der Waals surface area (Å²) < 4.78 is 0. The van der Waals surface area contributed by atoms with Crippen LogP contribution in [0.25, 0.3) is 0 Å². The first-order chi connectivity index (χ1) is 13.5. The number of carbonyl (C=O) groups excluding carboxylic acids is 2. The van der Waals surface area contributed by atoms with Crippen LogP contribution in [0.4, 0.5) is 5.69 Å². The summed E-state index contributed by atoms with van der Waals surface area (Å²) in [6.07, 6.45) is 0.763. The van der Waals surface area contributed by atoms with Gasteiger partial charge in [-0.05, 0) is 55.2 Å². The minimum atomic E-state index is -0.226. The second-order valence-electron chi connectivity index (χ2n) is 6.79. The highest BCUT2D eigenvalue weighted by Gasteiger charge is 2.12. The highest BCUT2D eigenvalue weighted by atomic mass is 16.2. The van der Waals surface area contributed by atoms with Gasteiger partial charge in [0.1, 0.15) is 0 Å². The van der Waals surface area contributed by atoms with Crippen LogP contribution >= 0.6 is 0 Å². The molecule has 2 amide bonds. The van der Waals surface area contributed by atoms with E-state index in [0.29, 0.717) is 17.7 Å². The SMILES string of the molecule is Cc1cccc(C)c1NC(=O)c1cccc(C(=O)NCCc2ccccc2)c1. The molecular formula is C24H24N2O2. The summed E-state index contributed by atoms with van der Waals surface area (Å²) in [5.41, 5.74) is 4.92. The molecule has 0 saturated carbocycles. The minimum absolute atomic E-state index is 0.183. The molecule has 0 atom stereocenters. The molecule has 0 saturated heterocycles. The summed E-state index contributed by atoms with van der Waals surface area (Å²) in [7, 11) is 0. The van der Waals surface area contributed by atoms with Crippen LogP contribution in [0.3, 0.4) is 0 Å². The third kappa shape index (κ3) is 4.86. The van der Waals surface area contributed by atoms with E-state index >= 15 is 0 Å². The zero-order valence-corrected chi connectivity index (χ0v) is 16.2. The second kappa shape index (κ2) is 9.00. The molecule has 0 aliphatic carbocycles. The average molecular weight is 372 g/mol. The molecule has 0 aromatic heterocycles. The van der Waals surface area contributed by atoms with Crippen LogP contribution in [0.1, 0.15) is 37.4 Å². The highest BCUT2D eigenvalue weighted by Crippen LogP contribution is 2.20. The van der Waals surface area contributed by atoms with Crippen LogP contribution < -0.4 is 10.6 Å². The largest absolute Gasteiger partial charge is 0.352 e. The molecule has 4 nitrogen and oxygen atoms in total. The van der Waals surface area contributed by atoms with E-state index in [9.17, 15) is 9.59 Å². The van der Waals surface area contributed by atoms with Gasteiger partial charge in [0.05, 0.1) is 0 Å². The van der Waals surface area contributed by atoms with Gasteiger partial charge in [-0.2, -0.15) is 0 Å². The molecule has 2 N–H and O–H groups in total. The third-order valence-corrected chi connectivity index (χ3v) is 4.65. The number of hydrogen-bond donors (Lipinski definition) is 2. The van der Waals surface area contributed by atoms with Gasteiger partial charge in [-0.25, -0.2) is 0 Å². The lowest BCUT2D eigenvalue weighted by Crippen LogP contribution is -2.26. The smallest absolute Gasteiger partial charge is 0.255 e. The van der Waals surface area contributed by atoms with E-state index in [-0.39, 0.29) is 11.8 Å². The summed E-state index contributed by atoms with van der Waals surface area (Å²) in [5.74, 6) is -0.408. The lowest BCUT2D eigenvalue weighted by Gasteiger charge is -2.12. The lowest BCUT2D eigenvalue weighted by molar-refractivity contribution is 0.0954. The van der Waals surface area contributed by atoms with Crippen molar-refractivity contribution in [2.24, 2.45) is 0 Å². The van der Waals surface area contributed by atoms with Crippen LogP contribution in [0, 0.1) is 13.8 Å². The summed E-state index contributed by atoms with van der Waals surface area (Å²) in [6.45, 7) is 4.46. The summed E-state index contributed by atoms with van der Waals surface area (Å²) >= 11 is 0. The van der Waals surface area contributed by atoms with Crippen molar-refractivity contribution in [1.82, 2.24) is 5.32 Å². The van der Waals surface area contributed by atoms with Gasteiger partial charge in [-0.3, -0.25) is 9.59 Å². The quantitative estimate of drug-likeness (QED) is 0.668. The van der Waals surface area contributed by atoms with E-state index in [4.69, 9.17) is 0 Å². The molecule has 28 heavy (non-hydrogen) atoms. The van der Waals surface area contributed by atoms with E-state index in [1.807, 2.05) is 62.4 Å². The van der Waals surface area contributed by atoms with Gasteiger partial charge >= 0.3 is 0 Å². The van der Waals surface area contributed by atoms with Crippen molar-refractivity contribution in [1.29, 1.82) is 0 Å². The van der Waals surface area contributed by atoms with Gasteiger partial charge in [0, 0.05) is 23.4 Å². The topological polar surface area (TPSA) is 58.2 Å². The molecule has 142 valence electrons. The van der Waals surface area contributed by atoms with Crippen LogP contribution in [-0.2, 0) is 6.42 Å². The molecule has 0 spiro atoms. The van der Waals surface area contributed by atoms with Crippen molar-refractivity contribution in [2.45, 2.75) is 20.3 Å². The van der Waals surface area contributed by atoms with Crippen molar-refractivity contribution in [3.63, 3.8) is 0 Å². The van der Waals surface area contributed by atoms with Crippen molar-refractivity contribution in [2.75, 3.05) is 11.9 Å². The maximum Gasteiger partial charge on any atom is 0.255 e. The van der Waals surface area contributed by atoms with Crippen LogP contribution in [0.5, 0.6) is 0 Å². The Morgan fingerprint density at radius 1 is 0.750 bits per heavy atom. The zero-order valence-electron chi connectivity index (χ0n) is 16.2. The van der Waals surface area contributed by atoms with Gasteiger partial charge in [0.15, 0.2) is 0 Å². The molecule has 0 aliphatic rings. The number of anilines is 1. The molecule has 3 rings (SSSR count). The summed E-state index contributed by atoms with van der Waals surface area (Å²) in [4.78, 5) is 25.1. The molecule has 0 aliphatic heterocycles. The number of benzene rings is 3. The molecule has 0 radical (unpaired) electrons. The molecule has 3 aromatic carbocycles. The van der Waals surface area contributed by atoms with Gasteiger partial charge < -0.3 is 10.6 Å². The Hall–Kier alpha value is -3.40. The average Bonchev–Trinajstić information content (AvgIpc) is 2.71. The van der Waals surface area contributed by atoms with E-state index in [1.165, 1.54) is 5.56 Å². The molecule has 0 bridgehead atoms. The first-order valence-electron chi connectivity index (χ1n) is 9.34. The fourth-order valence-corrected chi connectivity index (χ4v) is 3.07. The zero-order chi connectivity index (χ0) is 19.9. The van der Waals surface area contributed by atoms with E-state index in [0.717, 1.165) is 23.2 Å². The maximum absolute atomic E-state index is 12.6. The number of hydrogen-bond acceptors (Lipinski definition) is 2. The Kier molecular flexibility index (Phi) is 6.22. The van der Waals surface area contributed by atoms with Gasteiger partial charge in [0.2, 0.25) is 0 Å². The van der Waals surface area contributed by atoms with E-state index in [2.05, 4.69) is 10.6 Å². The first kappa shape index (κ1) is 19.4. The number of nitrogens with one attached hydrogen (secondary N) is 2. The standard InChI is InChI=1S/C24H24N2O2/c1-17-8-6-9-18(2)22(17)26-24(28)21-13-7-12-20(16-21)23(27)25-15-14-19-10-4-3-5-11-19/h3-13,16H,14-15H2,1-2H3,(H,25,27)(H,26,28). The first-order valence-corrected chi connectivity index (χ1v) is 9.34. The number of aryl methyl sites for hydroxylation is 2. The Morgan fingerprint density at radius 2 is 1.36 bits per heavy atom. The molecule has 3 aromatic rings. The third-order valence-electron chi connectivity index (χ3n) is 4.65. The molecular weight excluding hydrogens is 348 g/mol. The van der Waals surface area contributed by atoms with Gasteiger partial charge in [-0.1, -0.05) is 54.6 Å². The van der Waals surface area contributed by atoms with Crippen molar-refractivity contribution in [3.05, 3.63) is 101 Å². The maximum atomic E-state index is 12.6. The predicted molar refractivity (Wildman–Crippen MR) is 113 cm³/mol. The Morgan fingerprint density at radius 3 is 2.04 bits per heavy atom. The fourth-order valence-electron chi connectivity index (χ4n) is 3.07. The van der Waals surface area contributed by atoms with Gasteiger partial charge in [0.25, 0.3) is 11.8 Å². The lowest BCUT2D eigenvalue weighted by atomic mass is 10.1. The number of carbonyl (C=O) groups is 2. The highest BCUT2D eigenvalue weighted by molar-refractivity contribution is 6.06. The van der Waals surface area contributed by atoms with Crippen molar-refractivity contribution in [3.8, 4) is 0 Å². The van der Waals surface area contributed by atoms with Gasteiger partial charge in [-0.15, -0.1) is 0 Å². The molecule has 0 heterocycles. The van der Waals surface area contributed by atoms with Crippen LogP contribution in [-0.4, -0.2) is 18.4 Å². The Labute approximate surface area is 165 Å². The number of amides is 2. The second-order valence-corrected chi connectivity index (χ2v) is 6.79. The Balaban J connectivity index is 1.64. The van der Waals surface area contributed by atoms with Crippen LogP contribution in [0.2, 0.25) is 0 Å². The molecule has 0 fully saturated rings. The van der Waals surface area contributed by atoms with E-state index < -0.39 is 0 Å². The molecule has 4 heteroatoms. The number of rotatable bonds is 6. The number of para-hydroxylation sites is 1. The monoisotopic (exact) mass is 372 g/mol. The summed E-state index contributed by atoms with van der Waals surface area (Å²) in [5, 5.41) is 5.87. The normalized spacial score (nSPS) is 10.4. The minimum Gasteiger partial charge on any atom is -0.352 e. The summed E-state index contributed by atoms with van der Waals surface area (Å²) in [6, 6.07) is 22.7. The van der Waals surface area contributed by atoms with Crippen molar-refractivity contribution < 1.29 is 9.59 Å². The predicted octanol–water partition coefficient (Wildman–Crippen LogP) is 4.53. The van der Waals surface area contributed by atoms with E-state index in [1.54, 1.807) is 24.3 Å². The molecule has 0 unspecified atom stereocenters. The van der Waals surface area contributed by atoms with Crippen molar-refractivity contribution >= 4 is 17.5 Å². The Bertz CT molecular complexity index is 961. The van der Waals surface area contributed by atoms with Crippen LogP contribution in [0.15, 0.2) is 72.8 Å². The fraction of sp³-hybridized carbons (Fsp3) is 0.167.